The van der Waals surface area contributed by atoms with Crippen molar-refractivity contribution < 1.29 is 55.0 Å². The maximum absolute atomic E-state index is 13.2. The average molecular weight is 396 g/mol. The molecule has 0 saturated heterocycles. The first-order valence-corrected chi connectivity index (χ1v) is 7.16. The van der Waals surface area contributed by atoms with Gasteiger partial charge in [-0.1, -0.05) is 13.8 Å². The summed E-state index contributed by atoms with van der Waals surface area (Å²) in [6, 6.07) is 0. The van der Waals surface area contributed by atoms with Gasteiger partial charge in [-0.15, -0.1) is 0 Å². The van der Waals surface area contributed by atoms with E-state index in [1.54, 1.807) is 0 Å². The van der Waals surface area contributed by atoms with E-state index in [-0.39, 0.29) is 12.8 Å². The highest BCUT2D eigenvalue weighted by Gasteiger charge is 2.77. The van der Waals surface area contributed by atoms with E-state index < -0.39 is 52.7 Å². The van der Waals surface area contributed by atoms with Crippen LogP contribution in [0.25, 0.3) is 0 Å². The molecule has 1 rings (SSSR count). The number of hydrogen-bond donors (Lipinski definition) is 1. The van der Waals surface area contributed by atoms with Gasteiger partial charge in [-0.2, -0.15) is 30.7 Å². The minimum Gasteiger partial charge on any atom is -0.481 e. The molecule has 26 heavy (non-hydrogen) atoms. The summed E-state index contributed by atoms with van der Waals surface area (Å²) in [4.78, 5) is 34.4. The highest BCUT2D eigenvalue weighted by Crippen LogP contribution is 2.56. The fourth-order valence-electron chi connectivity index (χ4n) is 2.83. The molecule has 2 unspecified atom stereocenters. The second kappa shape index (κ2) is 6.08. The van der Waals surface area contributed by atoms with Crippen molar-refractivity contribution in [1.82, 2.24) is 0 Å². The number of hydrogen-bond acceptors (Lipinski definition) is 4. The highest BCUT2D eigenvalue weighted by atomic mass is 19.4. The summed E-state index contributed by atoms with van der Waals surface area (Å²) < 4.78 is 91.8. The molecule has 0 aromatic heterocycles. The molecule has 5 nitrogen and oxygen atoms in total. The van der Waals surface area contributed by atoms with Crippen LogP contribution in [0.15, 0.2) is 0 Å². The van der Waals surface area contributed by atoms with Gasteiger partial charge >= 0.3 is 35.9 Å². The number of carboxylic acid groups (broad SMARTS) is 1. The molecule has 0 bridgehead atoms. The number of alkyl halides is 7. The molecule has 0 aromatic carbocycles. The Morgan fingerprint density at radius 1 is 1.00 bits per heavy atom. The number of halogens is 7. The van der Waals surface area contributed by atoms with Gasteiger partial charge in [-0.3, -0.25) is 9.59 Å². The average Bonchev–Trinajstić information content (AvgIpc) is 2.68. The Hall–Kier alpha value is -1.88. The zero-order chi connectivity index (χ0) is 20.9. The Balaban J connectivity index is 3.05. The number of aliphatic carboxylic acids is 1. The number of esters is 2. The Morgan fingerprint density at radius 2 is 1.46 bits per heavy atom. The third-order valence-electron chi connectivity index (χ3n) is 5.18. The number of ether oxygens (including phenoxy) is 1. The van der Waals surface area contributed by atoms with E-state index >= 15 is 0 Å². The Labute approximate surface area is 142 Å². The van der Waals surface area contributed by atoms with Gasteiger partial charge in [-0.05, 0) is 25.2 Å². The van der Waals surface area contributed by atoms with E-state index in [0.29, 0.717) is 0 Å². The quantitative estimate of drug-likeness (QED) is 0.448. The number of carboxylic acids is 1. The molecule has 0 amide bonds. The lowest BCUT2D eigenvalue weighted by molar-refractivity contribution is -0.347. The predicted octanol–water partition coefficient (Wildman–Crippen LogP) is 3.42. The van der Waals surface area contributed by atoms with E-state index in [1.165, 1.54) is 20.8 Å². The van der Waals surface area contributed by atoms with Crippen molar-refractivity contribution in [3.63, 3.8) is 0 Å². The molecule has 1 aliphatic carbocycles. The number of carbonyl (C=O) groups is 3. The number of rotatable bonds is 4. The van der Waals surface area contributed by atoms with Crippen LogP contribution in [0, 0.1) is 16.7 Å². The lowest BCUT2D eigenvalue weighted by Gasteiger charge is -2.37. The Bertz CT molecular complexity index is 626. The zero-order valence-electron chi connectivity index (χ0n) is 13.7. The zero-order valence-corrected chi connectivity index (χ0v) is 13.7. The van der Waals surface area contributed by atoms with Gasteiger partial charge in [-0.25, -0.2) is 4.79 Å². The smallest absolute Gasteiger partial charge is 0.460 e. The normalized spacial score (nSPS) is 26.5. The van der Waals surface area contributed by atoms with Crippen LogP contribution in [0.4, 0.5) is 30.7 Å². The second-order valence-corrected chi connectivity index (χ2v) is 6.81. The fourth-order valence-corrected chi connectivity index (χ4v) is 2.83. The molecule has 1 saturated carbocycles. The molecule has 12 heteroatoms. The van der Waals surface area contributed by atoms with Gasteiger partial charge in [0.2, 0.25) is 0 Å². The first-order chi connectivity index (χ1) is 11.3. The topological polar surface area (TPSA) is 80.7 Å². The molecule has 2 atom stereocenters. The molecule has 1 N–H and O–H groups in total. The maximum Gasteiger partial charge on any atom is 0.460 e. The van der Waals surface area contributed by atoms with Crippen LogP contribution in [-0.4, -0.2) is 41.0 Å². The van der Waals surface area contributed by atoms with Crippen molar-refractivity contribution in [3.8, 4) is 0 Å². The molecule has 150 valence electrons. The summed E-state index contributed by atoms with van der Waals surface area (Å²) in [5.74, 6) is -21.0. The second-order valence-electron chi connectivity index (χ2n) is 6.81. The van der Waals surface area contributed by atoms with Crippen LogP contribution in [-0.2, 0) is 19.1 Å². The van der Waals surface area contributed by atoms with Gasteiger partial charge in [0.05, 0.1) is 11.3 Å². The van der Waals surface area contributed by atoms with Crippen LogP contribution >= 0.6 is 0 Å². The van der Waals surface area contributed by atoms with Gasteiger partial charge in [0.25, 0.3) is 0 Å². The third-order valence-corrected chi connectivity index (χ3v) is 5.18. The van der Waals surface area contributed by atoms with Crippen molar-refractivity contribution in [2.75, 3.05) is 0 Å². The predicted molar refractivity (Wildman–Crippen MR) is 69.3 cm³/mol. The van der Waals surface area contributed by atoms with Crippen LogP contribution in [0.2, 0.25) is 0 Å². The largest absolute Gasteiger partial charge is 0.481 e. The lowest BCUT2D eigenvalue weighted by Crippen LogP contribution is -2.57. The molecular weight excluding hydrogens is 381 g/mol. The Morgan fingerprint density at radius 3 is 1.81 bits per heavy atom. The molecule has 0 heterocycles. The fraction of sp³-hybridized carbons (Fsp3) is 0.786. The van der Waals surface area contributed by atoms with Crippen molar-refractivity contribution in [1.29, 1.82) is 0 Å². The molecular formula is C14H15F7O5. The van der Waals surface area contributed by atoms with Crippen molar-refractivity contribution in [2.45, 2.75) is 51.6 Å². The molecule has 1 fully saturated rings. The van der Waals surface area contributed by atoms with Gasteiger partial charge < -0.3 is 9.84 Å². The van der Waals surface area contributed by atoms with Gasteiger partial charge in [0.1, 0.15) is 0 Å². The molecule has 0 aromatic rings. The van der Waals surface area contributed by atoms with Crippen LogP contribution in [0.1, 0.15) is 33.6 Å². The first kappa shape index (κ1) is 22.2. The van der Waals surface area contributed by atoms with Crippen molar-refractivity contribution >= 4 is 17.9 Å². The van der Waals surface area contributed by atoms with E-state index in [0.717, 1.165) is 0 Å². The van der Waals surface area contributed by atoms with E-state index in [9.17, 15) is 50.2 Å². The molecule has 0 aliphatic heterocycles. The van der Waals surface area contributed by atoms with Crippen LogP contribution < -0.4 is 0 Å². The monoisotopic (exact) mass is 396 g/mol. The lowest BCUT2D eigenvalue weighted by atomic mass is 9.66. The van der Waals surface area contributed by atoms with Crippen LogP contribution in [0.5, 0.6) is 0 Å². The van der Waals surface area contributed by atoms with Crippen LogP contribution in [0.3, 0.4) is 0 Å². The summed E-state index contributed by atoms with van der Waals surface area (Å²) >= 11 is 0. The Kier molecular flexibility index (Phi) is 5.19. The molecule has 1 aliphatic rings. The summed E-state index contributed by atoms with van der Waals surface area (Å²) in [5, 5.41) is 9.25. The highest BCUT2D eigenvalue weighted by molar-refractivity contribution is 5.92. The molecule has 0 radical (unpaired) electrons. The molecule has 0 spiro atoms. The minimum absolute atomic E-state index is 0.127. The summed E-state index contributed by atoms with van der Waals surface area (Å²) in [7, 11) is 0. The summed E-state index contributed by atoms with van der Waals surface area (Å²) in [6.45, 7) is 3.76. The van der Waals surface area contributed by atoms with Crippen molar-refractivity contribution in [2.24, 2.45) is 16.7 Å². The standard InChI is InChI=1S/C14H15F7O5/c1-10(2)6(4-5-11(10,3)8(23)24)7(22)26-9(25)12(15,16)13(17,18)14(19,20)21/h6H,4-5H2,1-3H3,(H,23,24). The van der Waals surface area contributed by atoms with Gasteiger partial charge in [0, 0.05) is 0 Å². The number of carbonyl (C=O) groups excluding carboxylic acids is 2. The van der Waals surface area contributed by atoms with E-state index in [4.69, 9.17) is 0 Å². The van der Waals surface area contributed by atoms with E-state index in [2.05, 4.69) is 4.74 Å². The van der Waals surface area contributed by atoms with E-state index in [1.807, 2.05) is 0 Å². The van der Waals surface area contributed by atoms with Crippen molar-refractivity contribution in [3.05, 3.63) is 0 Å². The first-order valence-electron chi connectivity index (χ1n) is 7.16. The van der Waals surface area contributed by atoms with Gasteiger partial charge in [0.15, 0.2) is 0 Å². The summed E-state index contributed by atoms with van der Waals surface area (Å²) in [6.07, 6.45) is -7.13. The minimum atomic E-state index is -6.76. The summed E-state index contributed by atoms with van der Waals surface area (Å²) in [5.41, 5.74) is -2.98. The SMILES string of the molecule is CC1(C(=O)O)CCC(C(=O)OC(=O)C(F)(F)C(F)(F)C(F)(F)F)C1(C)C. The maximum atomic E-state index is 13.2. The third kappa shape index (κ3) is 3.02.